The van der Waals surface area contributed by atoms with Crippen LogP contribution in [0.3, 0.4) is 0 Å². The van der Waals surface area contributed by atoms with Gasteiger partial charge in [-0.1, -0.05) is 0 Å². The average Bonchev–Trinajstić information content (AvgIpc) is 3.05. The van der Waals surface area contributed by atoms with Gasteiger partial charge in [-0.25, -0.2) is 9.55 Å². The van der Waals surface area contributed by atoms with Crippen LogP contribution in [-0.4, -0.2) is 64.0 Å². The molecule has 0 aliphatic carbocycles. The molecule has 25 heavy (non-hydrogen) atoms. The zero-order valence-electron chi connectivity index (χ0n) is 12.8. The molecular formula is C11H16N5O8P. The van der Waals surface area contributed by atoms with Crippen LogP contribution < -0.4 is 11.3 Å². The van der Waals surface area contributed by atoms with Gasteiger partial charge in [-0.2, -0.15) is 4.98 Å². The number of ether oxygens (including phenoxy) is 1. The lowest BCUT2D eigenvalue weighted by atomic mass is 10.1. The Kier molecular flexibility index (Phi) is 4.41. The Morgan fingerprint density at radius 2 is 2.08 bits per heavy atom. The Morgan fingerprint density at radius 3 is 2.72 bits per heavy atom. The second-order valence-electron chi connectivity index (χ2n) is 5.49. The molecule has 0 spiro atoms. The summed E-state index contributed by atoms with van der Waals surface area (Å²) in [6, 6.07) is 0. The number of rotatable bonds is 4. The molecule has 13 nitrogen and oxygen atoms in total. The molecule has 1 aliphatic heterocycles. The van der Waals surface area contributed by atoms with E-state index in [-0.39, 0.29) is 17.1 Å². The second kappa shape index (κ2) is 6.14. The maximum atomic E-state index is 12.1. The highest BCUT2D eigenvalue weighted by Crippen LogP contribution is 2.38. The maximum Gasteiger partial charge on any atom is 0.469 e. The normalized spacial score (nSPS) is 27.2. The number of imidazole rings is 1. The maximum absolute atomic E-state index is 12.1. The van der Waals surface area contributed by atoms with Crippen molar-refractivity contribution in [3.05, 3.63) is 16.7 Å². The minimum absolute atomic E-state index is 0.0168. The van der Waals surface area contributed by atoms with Crippen molar-refractivity contribution in [1.82, 2.24) is 19.1 Å². The molecule has 3 heterocycles. The van der Waals surface area contributed by atoms with Gasteiger partial charge < -0.3 is 30.5 Å². The molecule has 1 saturated heterocycles. The van der Waals surface area contributed by atoms with Gasteiger partial charge in [-0.15, -0.1) is 0 Å². The van der Waals surface area contributed by atoms with Crippen molar-refractivity contribution in [2.24, 2.45) is 7.05 Å². The van der Waals surface area contributed by atoms with Gasteiger partial charge in [0.05, 0.1) is 12.9 Å². The topological polar surface area (TPSA) is 195 Å². The number of nitrogens with zero attached hydrogens (tertiary/aromatic N) is 4. The van der Waals surface area contributed by atoms with Crippen molar-refractivity contribution in [3.63, 3.8) is 0 Å². The first-order chi connectivity index (χ1) is 11.6. The molecule has 0 amide bonds. The molecule has 4 atom stereocenters. The van der Waals surface area contributed by atoms with Gasteiger partial charge in [0.2, 0.25) is 5.95 Å². The fraction of sp³-hybridized carbons (Fsp3) is 0.545. The molecule has 138 valence electrons. The van der Waals surface area contributed by atoms with Crippen LogP contribution in [0, 0.1) is 0 Å². The van der Waals surface area contributed by atoms with Crippen LogP contribution in [-0.2, 0) is 20.9 Å². The van der Waals surface area contributed by atoms with Gasteiger partial charge in [0.15, 0.2) is 17.4 Å². The number of aliphatic hydroxyl groups is 2. The lowest BCUT2D eigenvalue weighted by molar-refractivity contribution is -0.0503. The van der Waals surface area contributed by atoms with E-state index in [4.69, 9.17) is 20.3 Å². The van der Waals surface area contributed by atoms with E-state index in [2.05, 4.69) is 14.5 Å². The third-order valence-electron chi connectivity index (χ3n) is 3.86. The van der Waals surface area contributed by atoms with Crippen LogP contribution in [0.25, 0.3) is 11.2 Å². The number of fused-ring (bicyclic) bond motifs is 1. The average molecular weight is 377 g/mol. The molecule has 1 aliphatic rings. The second-order valence-corrected chi connectivity index (χ2v) is 6.73. The van der Waals surface area contributed by atoms with Crippen molar-refractivity contribution in [3.8, 4) is 0 Å². The molecule has 3 rings (SSSR count). The minimum Gasteiger partial charge on any atom is -0.387 e. The third-order valence-corrected chi connectivity index (χ3v) is 4.34. The summed E-state index contributed by atoms with van der Waals surface area (Å²) in [5.74, 6) is -0.0892. The van der Waals surface area contributed by atoms with Crippen molar-refractivity contribution in [1.29, 1.82) is 0 Å². The predicted molar refractivity (Wildman–Crippen MR) is 81.1 cm³/mol. The summed E-state index contributed by atoms with van der Waals surface area (Å²) in [5, 5.41) is 20.2. The molecule has 0 radical (unpaired) electrons. The van der Waals surface area contributed by atoms with Crippen LogP contribution in [0.4, 0.5) is 5.95 Å². The minimum atomic E-state index is -4.77. The number of aliphatic hydroxyl groups excluding tert-OH is 2. The number of phosphoric acid groups is 1. The van der Waals surface area contributed by atoms with Gasteiger partial charge in [0, 0.05) is 7.05 Å². The summed E-state index contributed by atoms with van der Waals surface area (Å²) in [7, 11) is -3.35. The van der Waals surface area contributed by atoms with E-state index in [9.17, 15) is 19.6 Å². The first kappa shape index (κ1) is 17.9. The van der Waals surface area contributed by atoms with E-state index in [0.29, 0.717) is 0 Å². The first-order valence-corrected chi connectivity index (χ1v) is 8.54. The van der Waals surface area contributed by atoms with Crippen LogP contribution >= 0.6 is 7.82 Å². The molecule has 1 unspecified atom stereocenters. The third kappa shape index (κ3) is 3.18. The zero-order valence-corrected chi connectivity index (χ0v) is 13.7. The highest BCUT2D eigenvalue weighted by atomic mass is 31.2. The van der Waals surface area contributed by atoms with Gasteiger partial charge >= 0.3 is 7.82 Å². The number of aromatic nitrogens is 4. The monoisotopic (exact) mass is 377 g/mol. The summed E-state index contributed by atoms with van der Waals surface area (Å²) >= 11 is 0. The van der Waals surface area contributed by atoms with Gasteiger partial charge in [-0.3, -0.25) is 18.5 Å². The summed E-state index contributed by atoms with van der Waals surface area (Å²) in [5.41, 5.74) is 5.16. The molecule has 2 aromatic heterocycles. The van der Waals surface area contributed by atoms with Crippen LogP contribution in [0.5, 0.6) is 0 Å². The predicted octanol–water partition coefficient (Wildman–Crippen LogP) is -2.56. The molecule has 6 N–H and O–H groups in total. The summed E-state index contributed by atoms with van der Waals surface area (Å²) < 4.78 is 22.8. The van der Waals surface area contributed by atoms with Crippen molar-refractivity contribution < 1.29 is 33.8 Å². The Bertz CT molecular complexity index is 906. The lowest BCUT2D eigenvalue weighted by Crippen LogP contribution is -2.33. The number of nitrogens with two attached hydrogens (primary N) is 1. The smallest absolute Gasteiger partial charge is 0.387 e. The lowest BCUT2D eigenvalue weighted by Gasteiger charge is -2.16. The van der Waals surface area contributed by atoms with Crippen LogP contribution in [0.1, 0.15) is 6.23 Å². The zero-order chi connectivity index (χ0) is 18.5. The summed E-state index contributed by atoms with van der Waals surface area (Å²) in [4.78, 5) is 37.5. The fourth-order valence-corrected chi connectivity index (χ4v) is 2.86. The van der Waals surface area contributed by atoms with Crippen molar-refractivity contribution >= 4 is 24.9 Å². The number of hydrogen-bond donors (Lipinski definition) is 5. The van der Waals surface area contributed by atoms with E-state index in [0.717, 1.165) is 4.57 Å². The molecule has 0 bridgehead atoms. The summed E-state index contributed by atoms with van der Waals surface area (Å²) in [6.07, 6.45) is -4.20. The van der Waals surface area contributed by atoms with E-state index in [1.54, 1.807) is 0 Å². The van der Waals surface area contributed by atoms with Gasteiger partial charge in [0.25, 0.3) is 5.56 Å². The van der Waals surface area contributed by atoms with Crippen molar-refractivity contribution in [2.75, 3.05) is 12.3 Å². The highest BCUT2D eigenvalue weighted by Gasteiger charge is 2.45. The standard InChI is InChI=1S/C11H16N5O8P/c1-15-9(19)5-8(14-11(15)12)16(3-13-5)10-7(18)6(17)4(24-10)2-23-25(20,21)22/h3-4,6-7,10,17-18H,2H2,1H3,(H2,12,14)(H2,20,21,22)/t4-,6-,7-,10?/m1/s1. The number of nitrogen functional groups attached to an aromatic ring is 1. The largest absolute Gasteiger partial charge is 0.469 e. The SMILES string of the molecule is Cn1c(N)nc2c(ncn2C2O[C@H](COP(=O)(O)O)[C@@H](O)[C@H]2O)c1=O. The van der Waals surface area contributed by atoms with E-state index >= 15 is 0 Å². The Morgan fingerprint density at radius 1 is 1.40 bits per heavy atom. The number of hydrogen-bond acceptors (Lipinski definition) is 9. The van der Waals surface area contributed by atoms with Gasteiger partial charge in [0.1, 0.15) is 18.3 Å². The molecule has 1 fully saturated rings. The molecular weight excluding hydrogens is 361 g/mol. The van der Waals surface area contributed by atoms with E-state index < -0.39 is 44.5 Å². The Balaban J connectivity index is 1.93. The fourth-order valence-electron chi connectivity index (χ4n) is 2.52. The summed E-state index contributed by atoms with van der Waals surface area (Å²) in [6.45, 7) is -0.650. The van der Waals surface area contributed by atoms with Crippen LogP contribution in [0.2, 0.25) is 0 Å². The molecule has 14 heteroatoms. The molecule has 0 saturated carbocycles. The number of anilines is 1. The number of phosphoric ester groups is 1. The van der Waals surface area contributed by atoms with Crippen LogP contribution in [0.15, 0.2) is 11.1 Å². The van der Waals surface area contributed by atoms with Gasteiger partial charge in [-0.05, 0) is 0 Å². The Labute approximate surface area is 139 Å². The molecule has 2 aromatic rings. The van der Waals surface area contributed by atoms with Crippen molar-refractivity contribution in [2.45, 2.75) is 24.5 Å². The van der Waals surface area contributed by atoms with E-state index in [1.807, 2.05) is 0 Å². The highest BCUT2D eigenvalue weighted by molar-refractivity contribution is 7.46. The quantitative estimate of drug-likeness (QED) is 0.352. The Hall–Kier alpha value is -1.86. The molecule has 0 aromatic carbocycles. The van der Waals surface area contributed by atoms with E-state index in [1.165, 1.54) is 17.9 Å². The first-order valence-electron chi connectivity index (χ1n) is 7.01.